The molecule has 4 nitrogen and oxygen atoms in total. The Bertz CT molecular complexity index is 828. The molecule has 0 saturated carbocycles. The Morgan fingerprint density at radius 2 is 1.54 bits per heavy atom. The molecule has 3 aromatic rings. The second kappa shape index (κ2) is 7.33. The van der Waals surface area contributed by atoms with Gasteiger partial charge in [-0.25, -0.2) is 4.79 Å². The van der Waals surface area contributed by atoms with Crippen molar-refractivity contribution in [2.24, 2.45) is 0 Å². The van der Waals surface area contributed by atoms with Crippen LogP contribution in [0.5, 0.6) is 17.2 Å². The Labute approximate surface area is 139 Å². The summed E-state index contributed by atoms with van der Waals surface area (Å²) in [5, 5.41) is 9.20. The molecule has 0 spiro atoms. The summed E-state index contributed by atoms with van der Waals surface area (Å²) in [6.07, 6.45) is 0. The minimum atomic E-state index is -1.03. The van der Waals surface area contributed by atoms with E-state index < -0.39 is 5.97 Å². The van der Waals surface area contributed by atoms with Gasteiger partial charge in [-0.1, -0.05) is 48.5 Å². The zero-order valence-electron chi connectivity index (χ0n) is 12.9. The van der Waals surface area contributed by atoms with Crippen molar-refractivity contribution in [2.75, 3.05) is 0 Å². The van der Waals surface area contributed by atoms with Crippen LogP contribution in [0.25, 0.3) is 0 Å². The average Bonchev–Trinajstić information content (AvgIpc) is 2.61. The summed E-state index contributed by atoms with van der Waals surface area (Å²) in [7, 11) is 0. The molecule has 0 fully saturated rings. The third-order valence-corrected chi connectivity index (χ3v) is 3.40. The van der Waals surface area contributed by atoms with Gasteiger partial charge in [0.25, 0.3) is 0 Å². The molecule has 0 aliphatic heterocycles. The van der Waals surface area contributed by atoms with E-state index in [1.54, 1.807) is 36.4 Å². The van der Waals surface area contributed by atoms with Crippen molar-refractivity contribution in [3.05, 3.63) is 90.0 Å². The number of rotatable bonds is 6. The van der Waals surface area contributed by atoms with E-state index in [9.17, 15) is 9.90 Å². The van der Waals surface area contributed by atoms with Crippen LogP contribution in [0.3, 0.4) is 0 Å². The quantitative estimate of drug-likeness (QED) is 0.711. The molecule has 0 unspecified atom stereocenters. The van der Waals surface area contributed by atoms with Crippen LogP contribution < -0.4 is 9.47 Å². The molecule has 0 saturated heterocycles. The van der Waals surface area contributed by atoms with E-state index in [1.165, 1.54) is 6.07 Å². The van der Waals surface area contributed by atoms with Crippen molar-refractivity contribution in [3.63, 3.8) is 0 Å². The molecule has 3 rings (SSSR count). The lowest BCUT2D eigenvalue weighted by Gasteiger charge is -2.11. The molecule has 0 atom stereocenters. The van der Waals surface area contributed by atoms with Crippen molar-refractivity contribution in [1.82, 2.24) is 0 Å². The lowest BCUT2D eigenvalue weighted by atomic mass is 10.2. The molecule has 3 aromatic carbocycles. The molecule has 0 aromatic heterocycles. The molecule has 0 amide bonds. The van der Waals surface area contributed by atoms with Gasteiger partial charge in [0, 0.05) is 6.07 Å². The number of carbonyl (C=O) groups is 1. The van der Waals surface area contributed by atoms with E-state index in [4.69, 9.17) is 9.47 Å². The minimum Gasteiger partial charge on any atom is -0.489 e. The van der Waals surface area contributed by atoms with Crippen LogP contribution in [0.4, 0.5) is 0 Å². The normalized spacial score (nSPS) is 10.2. The maximum Gasteiger partial charge on any atom is 0.339 e. The number of carboxylic acids is 1. The van der Waals surface area contributed by atoms with Crippen LogP contribution in [-0.2, 0) is 6.61 Å². The first kappa shape index (κ1) is 15.6. The van der Waals surface area contributed by atoms with Crippen molar-refractivity contribution in [2.45, 2.75) is 6.61 Å². The lowest BCUT2D eigenvalue weighted by molar-refractivity contribution is 0.0694. The summed E-state index contributed by atoms with van der Waals surface area (Å²) in [5.74, 6) is 0.450. The Kier molecular flexibility index (Phi) is 4.77. The summed E-state index contributed by atoms with van der Waals surface area (Å²) >= 11 is 0. The first-order valence-corrected chi connectivity index (χ1v) is 7.49. The molecular weight excluding hydrogens is 304 g/mol. The zero-order valence-corrected chi connectivity index (χ0v) is 12.9. The van der Waals surface area contributed by atoms with E-state index in [0.29, 0.717) is 23.9 Å². The summed E-state index contributed by atoms with van der Waals surface area (Å²) in [6, 6.07) is 23.5. The van der Waals surface area contributed by atoms with Crippen molar-refractivity contribution < 1.29 is 19.4 Å². The molecule has 0 bridgehead atoms. The zero-order chi connectivity index (χ0) is 16.8. The number of ether oxygens (including phenoxy) is 2. The highest BCUT2D eigenvalue weighted by molar-refractivity contribution is 5.90. The van der Waals surface area contributed by atoms with E-state index in [1.807, 2.05) is 36.4 Å². The number of carboxylic acid groups (broad SMARTS) is 1. The van der Waals surface area contributed by atoms with Crippen LogP contribution in [0.1, 0.15) is 15.9 Å². The third-order valence-electron chi connectivity index (χ3n) is 3.40. The predicted molar refractivity (Wildman–Crippen MR) is 90.7 cm³/mol. The SMILES string of the molecule is O=C(O)c1ccccc1Oc1cccc(OCc2ccccc2)c1. The number of para-hydroxylation sites is 1. The summed E-state index contributed by atoms with van der Waals surface area (Å²) < 4.78 is 11.5. The van der Waals surface area contributed by atoms with Crippen LogP contribution in [0.2, 0.25) is 0 Å². The standard InChI is InChI=1S/C20H16O4/c21-20(22)18-11-4-5-12-19(18)24-17-10-6-9-16(13-17)23-14-15-7-2-1-3-8-15/h1-13H,14H2,(H,21,22). The summed E-state index contributed by atoms with van der Waals surface area (Å²) in [6.45, 7) is 0.454. The fraction of sp³-hybridized carbons (Fsp3) is 0.0500. The fourth-order valence-electron chi connectivity index (χ4n) is 2.23. The minimum absolute atomic E-state index is 0.119. The van der Waals surface area contributed by atoms with Gasteiger partial charge in [0.1, 0.15) is 29.4 Å². The summed E-state index contributed by atoms with van der Waals surface area (Å²) in [4.78, 5) is 11.2. The second-order valence-corrected chi connectivity index (χ2v) is 5.15. The Balaban J connectivity index is 1.73. The van der Waals surface area contributed by atoms with Gasteiger partial charge >= 0.3 is 5.97 Å². The van der Waals surface area contributed by atoms with E-state index in [2.05, 4.69) is 0 Å². The van der Waals surface area contributed by atoms with E-state index >= 15 is 0 Å². The second-order valence-electron chi connectivity index (χ2n) is 5.15. The van der Waals surface area contributed by atoms with Gasteiger partial charge in [-0.3, -0.25) is 0 Å². The van der Waals surface area contributed by atoms with Crippen molar-refractivity contribution in [1.29, 1.82) is 0 Å². The molecule has 1 N–H and O–H groups in total. The van der Waals surface area contributed by atoms with Gasteiger partial charge in [-0.05, 0) is 29.8 Å². The van der Waals surface area contributed by atoms with E-state index in [-0.39, 0.29) is 5.56 Å². The van der Waals surface area contributed by atoms with Crippen LogP contribution >= 0.6 is 0 Å². The number of hydrogen-bond donors (Lipinski definition) is 1. The highest BCUT2D eigenvalue weighted by atomic mass is 16.5. The van der Waals surface area contributed by atoms with Gasteiger partial charge in [-0.15, -0.1) is 0 Å². The number of hydrogen-bond acceptors (Lipinski definition) is 3. The molecule has 0 aliphatic carbocycles. The number of aromatic carboxylic acids is 1. The van der Waals surface area contributed by atoms with Crippen LogP contribution in [-0.4, -0.2) is 11.1 Å². The van der Waals surface area contributed by atoms with Gasteiger partial charge in [-0.2, -0.15) is 0 Å². The van der Waals surface area contributed by atoms with E-state index in [0.717, 1.165) is 5.56 Å². The largest absolute Gasteiger partial charge is 0.489 e. The Morgan fingerprint density at radius 1 is 0.833 bits per heavy atom. The monoisotopic (exact) mass is 320 g/mol. The topological polar surface area (TPSA) is 55.8 Å². The van der Waals surface area contributed by atoms with Gasteiger partial charge in [0.15, 0.2) is 0 Å². The highest BCUT2D eigenvalue weighted by Crippen LogP contribution is 2.28. The smallest absolute Gasteiger partial charge is 0.339 e. The highest BCUT2D eigenvalue weighted by Gasteiger charge is 2.11. The molecule has 120 valence electrons. The molecule has 4 heteroatoms. The van der Waals surface area contributed by atoms with Crippen LogP contribution in [0.15, 0.2) is 78.9 Å². The molecule has 24 heavy (non-hydrogen) atoms. The third kappa shape index (κ3) is 3.93. The first-order chi connectivity index (χ1) is 11.7. The van der Waals surface area contributed by atoms with Gasteiger partial charge < -0.3 is 14.6 Å². The Hall–Kier alpha value is -3.27. The van der Waals surface area contributed by atoms with Crippen molar-refractivity contribution >= 4 is 5.97 Å². The maximum atomic E-state index is 11.2. The van der Waals surface area contributed by atoms with Gasteiger partial charge in [0.05, 0.1) is 0 Å². The predicted octanol–water partition coefficient (Wildman–Crippen LogP) is 4.76. The van der Waals surface area contributed by atoms with Crippen LogP contribution in [0, 0.1) is 0 Å². The van der Waals surface area contributed by atoms with Gasteiger partial charge in [0.2, 0.25) is 0 Å². The molecule has 0 radical (unpaired) electrons. The number of benzene rings is 3. The molecule has 0 aliphatic rings. The first-order valence-electron chi connectivity index (χ1n) is 7.49. The van der Waals surface area contributed by atoms with Crippen molar-refractivity contribution in [3.8, 4) is 17.2 Å². The maximum absolute atomic E-state index is 11.2. The Morgan fingerprint density at radius 3 is 2.33 bits per heavy atom. The average molecular weight is 320 g/mol. The lowest BCUT2D eigenvalue weighted by Crippen LogP contribution is -2.00. The fourth-order valence-corrected chi connectivity index (χ4v) is 2.23. The molecular formula is C20H16O4. The molecule has 0 heterocycles. The summed E-state index contributed by atoms with van der Waals surface area (Å²) in [5.41, 5.74) is 1.19.